The lowest BCUT2D eigenvalue weighted by molar-refractivity contribution is -0.0652. The number of amides is 1. The first-order valence-electron chi connectivity index (χ1n) is 10.1. The van der Waals surface area contributed by atoms with E-state index in [0.29, 0.717) is 47.1 Å². The average Bonchev–Trinajstić information content (AvgIpc) is 2.75. The van der Waals surface area contributed by atoms with Crippen LogP contribution in [0.3, 0.4) is 0 Å². The molecular weight excluding hydrogens is 424 g/mol. The molecule has 2 aromatic heterocycles. The minimum atomic E-state index is -2.75. The molecule has 3 heterocycles. The fourth-order valence-corrected chi connectivity index (χ4v) is 4.28. The lowest BCUT2D eigenvalue weighted by Gasteiger charge is -2.38. The molecule has 1 atom stereocenters. The highest BCUT2D eigenvalue weighted by molar-refractivity contribution is 7.97. The number of nitrogens with two attached hydrogens (primary N) is 1. The zero-order valence-electron chi connectivity index (χ0n) is 17.0. The van der Waals surface area contributed by atoms with Crippen molar-refractivity contribution in [3.8, 4) is 0 Å². The predicted molar refractivity (Wildman–Crippen MR) is 115 cm³/mol. The first-order valence-corrected chi connectivity index (χ1v) is 11.0. The van der Waals surface area contributed by atoms with Crippen molar-refractivity contribution in [1.29, 1.82) is 0 Å². The van der Waals surface area contributed by atoms with Crippen molar-refractivity contribution in [1.82, 2.24) is 9.97 Å². The summed E-state index contributed by atoms with van der Waals surface area (Å²) in [6, 6.07) is 4.81. The number of carbonyl (C=O) groups excluding carboxylic acids is 2. The molecule has 0 bridgehead atoms. The van der Waals surface area contributed by atoms with Crippen molar-refractivity contribution in [2.24, 2.45) is 11.1 Å². The van der Waals surface area contributed by atoms with E-state index in [1.165, 1.54) is 13.1 Å². The third-order valence-electron chi connectivity index (χ3n) is 5.79. The molecule has 1 aliphatic carbocycles. The molecule has 31 heavy (non-hydrogen) atoms. The van der Waals surface area contributed by atoms with Gasteiger partial charge in [0.1, 0.15) is 10.8 Å². The van der Waals surface area contributed by atoms with Crippen molar-refractivity contribution in [2.75, 3.05) is 23.3 Å². The van der Waals surface area contributed by atoms with Crippen molar-refractivity contribution < 1.29 is 18.4 Å². The van der Waals surface area contributed by atoms with Crippen LogP contribution in [0.1, 0.15) is 52.6 Å². The predicted octanol–water partition coefficient (Wildman–Crippen LogP) is 3.70. The second-order valence-corrected chi connectivity index (χ2v) is 8.60. The Labute approximate surface area is 182 Å². The zero-order valence-corrected chi connectivity index (χ0v) is 17.8. The summed E-state index contributed by atoms with van der Waals surface area (Å²) in [5, 5.41) is 8.85. The fourth-order valence-electron chi connectivity index (χ4n) is 3.96. The Balaban J connectivity index is 1.71. The van der Waals surface area contributed by atoms with Crippen LogP contribution in [0.5, 0.6) is 0 Å². The number of nitrogens with zero attached hydrogens (tertiary/aromatic N) is 3. The van der Waals surface area contributed by atoms with Crippen LogP contribution in [0.4, 0.5) is 20.3 Å². The van der Waals surface area contributed by atoms with E-state index in [2.05, 4.69) is 15.3 Å². The van der Waals surface area contributed by atoms with Crippen molar-refractivity contribution in [3.63, 3.8) is 0 Å². The molecule has 3 N–H and O–H groups in total. The van der Waals surface area contributed by atoms with Gasteiger partial charge < -0.3 is 10.2 Å². The first kappa shape index (κ1) is 21.6. The van der Waals surface area contributed by atoms with E-state index in [-0.39, 0.29) is 30.9 Å². The second kappa shape index (κ2) is 8.51. The van der Waals surface area contributed by atoms with E-state index in [0.717, 1.165) is 11.9 Å². The molecule has 0 aromatic carbocycles. The molecule has 164 valence electrons. The van der Waals surface area contributed by atoms with Gasteiger partial charge in [0.25, 0.3) is 11.8 Å². The van der Waals surface area contributed by atoms with Gasteiger partial charge in [0.2, 0.25) is 0 Å². The molecule has 2 aromatic rings. The smallest absolute Gasteiger partial charge is 0.259 e. The monoisotopic (exact) mass is 447 g/mol. The van der Waals surface area contributed by atoms with Crippen LogP contribution in [0.25, 0.3) is 0 Å². The highest BCUT2D eigenvalue weighted by Gasteiger charge is 2.42. The van der Waals surface area contributed by atoms with E-state index in [4.69, 9.17) is 5.14 Å². The third kappa shape index (κ3) is 4.40. The minimum Gasteiger partial charge on any atom is -0.355 e. The number of nitrogens with one attached hydrogen (secondary N) is 1. The number of hydrogen-bond acceptors (Lipinski definition) is 7. The fraction of sp³-hybridized carbons (Fsp3) is 0.429. The molecule has 1 saturated heterocycles. The number of halogens is 2. The van der Waals surface area contributed by atoms with Crippen molar-refractivity contribution in [3.05, 3.63) is 41.2 Å². The molecule has 0 saturated carbocycles. The molecule has 4 rings (SSSR count). The Bertz CT molecular complexity index is 1030. The lowest BCUT2D eigenvalue weighted by Crippen LogP contribution is -2.47. The number of alkyl halides is 2. The highest BCUT2D eigenvalue weighted by atomic mass is 32.2. The summed E-state index contributed by atoms with van der Waals surface area (Å²) in [6.45, 7) is 1.66. The standard InChI is InChI=1S/C21H23F2N5O2S/c1-12-11-28(8-6-21(12,22)23)19-15(10-14-16(27-19)3-2-4-17(14)29)20(30)26-13-5-7-25-18(9-13)31-24/h5,7,9-10,12H,2-4,6,8,11,24H2,1H3,(H,25,26,30). The van der Waals surface area contributed by atoms with Gasteiger partial charge in [0.05, 0.1) is 11.3 Å². The molecule has 1 amide bonds. The Kier molecular flexibility index (Phi) is 5.94. The van der Waals surface area contributed by atoms with Crippen LogP contribution < -0.4 is 15.4 Å². The maximum absolute atomic E-state index is 14.0. The molecule has 0 radical (unpaired) electrons. The molecule has 7 nitrogen and oxygen atoms in total. The topological polar surface area (TPSA) is 101 Å². The Morgan fingerprint density at radius 2 is 2.16 bits per heavy atom. The van der Waals surface area contributed by atoms with E-state index in [9.17, 15) is 18.4 Å². The summed E-state index contributed by atoms with van der Waals surface area (Å²) in [7, 11) is 0. The van der Waals surface area contributed by atoms with Crippen molar-refractivity contribution >= 4 is 35.1 Å². The van der Waals surface area contributed by atoms with Crippen molar-refractivity contribution in [2.45, 2.75) is 43.6 Å². The zero-order chi connectivity index (χ0) is 22.2. The van der Waals surface area contributed by atoms with Crippen LogP contribution in [-0.4, -0.2) is 40.7 Å². The summed E-state index contributed by atoms with van der Waals surface area (Å²) >= 11 is 0.952. The summed E-state index contributed by atoms with van der Waals surface area (Å²) in [5.41, 5.74) is 1.74. The maximum Gasteiger partial charge on any atom is 0.259 e. The average molecular weight is 448 g/mol. The summed E-state index contributed by atoms with van der Waals surface area (Å²) in [6.07, 6.45) is 2.93. The van der Waals surface area contributed by atoms with Gasteiger partial charge in [0, 0.05) is 49.3 Å². The highest BCUT2D eigenvalue weighted by Crippen LogP contribution is 2.36. The van der Waals surface area contributed by atoms with Gasteiger partial charge in [-0.05, 0) is 43.0 Å². The number of aromatic nitrogens is 2. The number of Topliss-reactive ketones (excluding diaryl/α,β-unsaturated/α-hetero) is 1. The van der Waals surface area contributed by atoms with Crippen LogP contribution in [0, 0.1) is 5.92 Å². The number of hydrogen-bond donors (Lipinski definition) is 2. The number of anilines is 2. The molecule has 1 fully saturated rings. The van der Waals surface area contributed by atoms with E-state index >= 15 is 0 Å². The van der Waals surface area contributed by atoms with Crippen LogP contribution in [0.15, 0.2) is 29.4 Å². The normalized spacial score (nSPS) is 20.3. The van der Waals surface area contributed by atoms with E-state index in [1.54, 1.807) is 23.1 Å². The number of carbonyl (C=O) groups is 2. The molecule has 1 unspecified atom stereocenters. The van der Waals surface area contributed by atoms with Gasteiger partial charge >= 0.3 is 0 Å². The van der Waals surface area contributed by atoms with Gasteiger partial charge in [-0.15, -0.1) is 0 Å². The molecule has 1 aliphatic heterocycles. The second-order valence-electron chi connectivity index (χ2n) is 7.94. The number of aryl methyl sites for hydroxylation is 1. The first-order chi connectivity index (χ1) is 14.8. The maximum atomic E-state index is 14.0. The number of ketones is 1. The third-order valence-corrected chi connectivity index (χ3v) is 6.25. The van der Waals surface area contributed by atoms with Gasteiger partial charge in [-0.25, -0.2) is 18.7 Å². The largest absolute Gasteiger partial charge is 0.355 e. The number of fused-ring (bicyclic) bond motifs is 1. The SMILES string of the molecule is CC1CN(c2nc3c(cc2C(=O)Nc2ccnc(SN)c2)C(=O)CCC3)CCC1(F)F. The summed E-state index contributed by atoms with van der Waals surface area (Å²) in [5.74, 6) is -3.81. The van der Waals surface area contributed by atoms with Gasteiger partial charge in [-0.1, -0.05) is 6.92 Å². The molecule has 0 spiro atoms. The van der Waals surface area contributed by atoms with Gasteiger partial charge in [-0.3, -0.25) is 14.7 Å². The Hall–Kier alpha value is -2.59. The summed E-state index contributed by atoms with van der Waals surface area (Å²) in [4.78, 5) is 36.0. The Morgan fingerprint density at radius 1 is 1.35 bits per heavy atom. The Morgan fingerprint density at radius 3 is 2.90 bits per heavy atom. The number of pyridine rings is 2. The molecule has 10 heteroatoms. The van der Waals surface area contributed by atoms with Crippen LogP contribution >= 0.6 is 11.9 Å². The minimum absolute atomic E-state index is 0.0568. The van der Waals surface area contributed by atoms with Crippen LogP contribution in [-0.2, 0) is 6.42 Å². The van der Waals surface area contributed by atoms with Gasteiger partial charge in [-0.2, -0.15) is 0 Å². The summed E-state index contributed by atoms with van der Waals surface area (Å²) < 4.78 is 28.1. The van der Waals surface area contributed by atoms with Gasteiger partial charge in [0.15, 0.2) is 5.78 Å². The molecular formula is C21H23F2N5O2S. The van der Waals surface area contributed by atoms with E-state index < -0.39 is 17.7 Å². The number of piperidine rings is 1. The lowest BCUT2D eigenvalue weighted by atomic mass is 9.92. The quantitative estimate of drug-likeness (QED) is 0.689. The van der Waals surface area contributed by atoms with Crippen LogP contribution in [0.2, 0.25) is 0 Å². The molecule has 2 aliphatic rings. The van der Waals surface area contributed by atoms with E-state index in [1.807, 2.05) is 0 Å². The number of rotatable bonds is 4.